The van der Waals surface area contributed by atoms with Crippen molar-refractivity contribution in [3.05, 3.63) is 51.2 Å². The third kappa shape index (κ3) is 4.20. The molecule has 96 valence electrons. The first-order chi connectivity index (χ1) is 8.58. The number of halogens is 2. The maximum Gasteiger partial charge on any atom is 0.342 e. The summed E-state index contributed by atoms with van der Waals surface area (Å²) in [6.07, 6.45) is 3.10. The first-order valence-corrected chi connectivity index (χ1v) is 6.20. The molecule has 1 aromatic rings. The van der Waals surface area contributed by atoms with Gasteiger partial charge in [0.2, 0.25) is 0 Å². The van der Waals surface area contributed by atoms with Gasteiger partial charge in [-0.3, -0.25) is 0 Å². The molecule has 0 N–H and O–H groups in total. The Labute approximate surface area is 119 Å². The maximum atomic E-state index is 11.5. The fraction of sp³-hybridized carbons (Fsp3) is 0.154. The minimum atomic E-state index is -0.478. The van der Waals surface area contributed by atoms with Gasteiger partial charge in [0.15, 0.2) is 0 Å². The topological polar surface area (TPSA) is 35.5 Å². The highest BCUT2D eigenvalue weighted by atomic mass is 79.9. The molecule has 0 heterocycles. The third-order valence-corrected chi connectivity index (χ3v) is 2.97. The van der Waals surface area contributed by atoms with Crippen molar-refractivity contribution in [2.24, 2.45) is 0 Å². The van der Waals surface area contributed by atoms with Crippen molar-refractivity contribution < 1.29 is 14.3 Å². The van der Waals surface area contributed by atoms with Gasteiger partial charge in [-0.05, 0) is 39.7 Å². The Balaban J connectivity index is 3.02. The number of hydrogen-bond donors (Lipinski definition) is 0. The van der Waals surface area contributed by atoms with E-state index in [9.17, 15) is 4.79 Å². The molecular weight excluding hydrogens is 319 g/mol. The average Bonchev–Trinajstić information content (AvgIpc) is 2.37. The third-order valence-electron chi connectivity index (χ3n) is 2.06. The lowest BCUT2D eigenvalue weighted by Gasteiger charge is -2.04. The van der Waals surface area contributed by atoms with E-state index < -0.39 is 5.97 Å². The average molecular weight is 332 g/mol. The van der Waals surface area contributed by atoms with E-state index in [-0.39, 0.29) is 0 Å². The second-order valence-corrected chi connectivity index (χ2v) is 4.59. The Kier molecular flexibility index (Phi) is 5.95. The number of esters is 1. The van der Waals surface area contributed by atoms with Crippen molar-refractivity contribution in [1.82, 2.24) is 0 Å². The van der Waals surface area contributed by atoms with E-state index in [1.165, 1.54) is 20.5 Å². The van der Waals surface area contributed by atoms with Gasteiger partial charge in [-0.1, -0.05) is 23.7 Å². The highest BCUT2D eigenvalue weighted by Crippen LogP contribution is 2.22. The van der Waals surface area contributed by atoms with Crippen LogP contribution < -0.4 is 0 Å². The van der Waals surface area contributed by atoms with Crippen LogP contribution in [0.2, 0.25) is 5.02 Å². The molecule has 18 heavy (non-hydrogen) atoms. The van der Waals surface area contributed by atoms with Gasteiger partial charge < -0.3 is 9.47 Å². The fourth-order valence-electron chi connectivity index (χ4n) is 1.21. The van der Waals surface area contributed by atoms with Crippen molar-refractivity contribution >= 4 is 39.6 Å². The van der Waals surface area contributed by atoms with Crippen LogP contribution in [0.3, 0.4) is 0 Å². The van der Waals surface area contributed by atoms with Crippen molar-refractivity contribution in [2.45, 2.75) is 0 Å². The SMILES string of the molecule is CO/C=C(C(=O)OC)\C(Br)=C/c1ccc(Cl)cc1. The molecule has 0 saturated carbocycles. The minimum absolute atomic E-state index is 0.301. The van der Waals surface area contributed by atoms with Gasteiger partial charge in [0.25, 0.3) is 0 Å². The molecule has 0 fully saturated rings. The van der Waals surface area contributed by atoms with E-state index >= 15 is 0 Å². The van der Waals surface area contributed by atoms with Crippen LogP contribution in [-0.2, 0) is 14.3 Å². The first-order valence-electron chi connectivity index (χ1n) is 5.03. The summed E-state index contributed by atoms with van der Waals surface area (Å²) in [6.45, 7) is 0. The van der Waals surface area contributed by atoms with Crippen molar-refractivity contribution in [1.29, 1.82) is 0 Å². The second kappa shape index (κ2) is 7.24. The van der Waals surface area contributed by atoms with Crippen LogP contribution in [0, 0.1) is 0 Å². The van der Waals surface area contributed by atoms with Crippen molar-refractivity contribution in [3.63, 3.8) is 0 Å². The molecular formula is C13H12BrClO3. The van der Waals surface area contributed by atoms with Crippen molar-refractivity contribution in [3.8, 4) is 0 Å². The lowest BCUT2D eigenvalue weighted by molar-refractivity contribution is -0.135. The Morgan fingerprint density at radius 1 is 1.28 bits per heavy atom. The molecule has 5 heteroatoms. The van der Waals surface area contributed by atoms with Crippen LogP contribution >= 0.6 is 27.5 Å². The van der Waals surface area contributed by atoms with Crippen LogP contribution in [0.1, 0.15) is 5.56 Å². The normalized spacial score (nSPS) is 12.2. The summed E-state index contributed by atoms with van der Waals surface area (Å²) in [5.41, 5.74) is 1.20. The van der Waals surface area contributed by atoms with Gasteiger partial charge in [0.05, 0.1) is 20.5 Å². The number of carbonyl (C=O) groups is 1. The quantitative estimate of drug-likeness (QED) is 0.364. The van der Waals surface area contributed by atoms with Gasteiger partial charge in [-0.2, -0.15) is 0 Å². The molecule has 0 aromatic heterocycles. The van der Waals surface area contributed by atoms with Crippen LogP contribution in [0.4, 0.5) is 0 Å². The van der Waals surface area contributed by atoms with Crippen LogP contribution in [0.5, 0.6) is 0 Å². The number of carbonyl (C=O) groups excluding carboxylic acids is 1. The Morgan fingerprint density at radius 2 is 1.89 bits per heavy atom. The zero-order valence-electron chi connectivity index (χ0n) is 9.94. The number of hydrogen-bond acceptors (Lipinski definition) is 3. The standard InChI is InChI=1S/C13H12BrClO3/c1-17-8-11(13(16)18-2)12(14)7-9-3-5-10(15)6-4-9/h3-8H,1-2H3/b11-8+,12-7+. The second-order valence-electron chi connectivity index (χ2n) is 3.30. The maximum absolute atomic E-state index is 11.5. The summed E-state index contributed by atoms with van der Waals surface area (Å²) < 4.78 is 10.1. The summed E-state index contributed by atoms with van der Waals surface area (Å²) >= 11 is 9.12. The summed E-state index contributed by atoms with van der Waals surface area (Å²) in [4.78, 5) is 11.5. The van der Waals surface area contributed by atoms with E-state index in [1.54, 1.807) is 18.2 Å². The van der Waals surface area contributed by atoms with E-state index in [1.807, 2.05) is 12.1 Å². The lowest BCUT2D eigenvalue weighted by Crippen LogP contribution is -2.05. The number of methoxy groups -OCH3 is 2. The molecule has 0 radical (unpaired) electrons. The Morgan fingerprint density at radius 3 is 2.39 bits per heavy atom. The molecule has 0 bridgehead atoms. The van der Waals surface area contributed by atoms with Gasteiger partial charge >= 0.3 is 5.97 Å². The minimum Gasteiger partial charge on any atom is -0.503 e. The van der Waals surface area contributed by atoms with Crippen LogP contribution in [0.15, 0.2) is 40.6 Å². The molecule has 1 aromatic carbocycles. The highest BCUT2D eigenvalue weighted by Gasteiger charge is 2.13. The number of benzene rings is 1. The summed E-state index contributed by atoms with van der Waals surface area (Å²) in [7, 11) is 2.78. The van der Waals surface area contributed by atoms with Gasteiger partial charge in [0.1, 0.15) is 5.57 Å². The molecule has 0 aliphatic heterocycles. The molecule has 0 unspecified atom stereocenters. The molecule has 0 amide bonds. The number of ether oxygens (including phenoxy) is 2. The van der Waals surface area contributed by atoms with Crippen LogP contribution in [0.25, 0.3) is 6.08 Å². The molecule has 0 aliphatic carbocycles. The van der Waals surface area contributed by atoms with Crippen LogP contribution in [-0.4, -0.2) is 20.2 Å². The molecule has 0 saturated heterocycles. The first kappa shape index (κ1) is 14.8. The molecule has 3 nitrogen and oxygen atoms in total. The van der Waals surface area contributed by atoms with Crippen molar-refractivity contribution in [2.75, 3.05) is 14.2 Å². The molecule has 1 rings (SSSR count). The highest BCUT2D eigenvalue weighted by molar-refractivity contribution is 9.12. The van der Waals surface area contributed by atoms with E-state index in [0.29, 0.717) is 15.1 Å². The predicted octanol–water partition coefficient (Wildman–Crippen LogP) is 3.78. The summed E-state index contributed by atoms with van der Waals surface area (Å²) in [5, 5.41) is 0.656. The molecule has 0 aliphatic rings. The number of rotatable bonds is 4. The largest absolute Gasteiger partial charge is 0.503 e. The fourth-order valence-corrected chi connectivity index (χ4v) is 1.86. The Hall–Kier alpha value is -1.26. The van der Waals surface area contributed by atoms with E-state index in [4.69, 9.17) is 16.3 Å². The smallest absolute Gasteiger partial charge is 0.342 e. The Bertz CT molecular complexity index is 478. The van der Waals surface area contributed by atoms with E-state index in [0.717, 1.165) is 5.56 Å². The predicted molar refractivity (Wildman–Crippen MR) is 75.5 cm³/mol. The summed E-state index contributed by atoms with van der Waals surface area (Å²) in [5.74, 6) is -0.478. The zero-order chi connectivity index (χ0) is 13.5. The van der Waals surface area contributed by atoms with Gasteiger partial charge in [0, 0.05) is 9.51 Å². The monoisotopic (exact) mass is 330 g/mol. The summed E-state index contributed by atoms with van der Waals surface area (Å²) in [6, 6.07) is 7.22. The van der Waals surface area contributed by atoms with E-state index in [2.05, 4.69) is 20.7 Å². The molecule has 0 spiro atoms. The zero-order valence-corrected chi connectivity index (χ0v) is 12.3. The van der Waals surface area contributed by atoms with Gasteiger partial charge in [-0.25, -0.2) is 4.79 Å². The van der Waals surface area contributed by atoms with Gasteiger partial charge in [-0.15, -0.1) is 0 Å². The molecule has 0 atom stereocenters. The lowest BCUT2D eigenvalue weighted by atomic mass is 10.1.